The number of halogens is 1. The predicted molar refractivity (Wildman–Crippen MR) is 101 cm³/mol. The summed E-state index contributed by atoms with van der Waals surface area (Å²) < 4.78 is 19.2. The van der Waals surface area contributed by atoms with Crippen LogP contribution < -0.4 is 15.4 Å². The molecule has 6 heteroatoms. The Morgan fingerprint density at radius 3 is 2.46 bits per heavy atom. The Labute approximate surface area is 152 Å². The van der Waals surface area contributed by atoms with Crippen molar-refractivity contribution in [2.24, 2.45) is 0 Å². The monoisotopic (exact) mass is 352 g/mol. The molecule has 2 N–H and O–H groups in total. The van der Waals surface area contributed by atoms with Crippen LogP contribution in [-0.4, -0.2) is 16.6 Å². The van der Waals surface area contributed by atoms with Crippen LogP contribution in [0.2, 0.25) is 0 Å². The van der Waals surface area contributed by atoms with E-state index in [4.69, 9.17) is 4.74 Å². The van der Waals surface area contributed by atoms with Crippen LogP contribution in [0.5, 0.6) is 5.75 Å². The molecule has 0 fully saturated rings. The van der Waals surface area contributed by atoms with E-state index in [0.29, 0.717) is 36.2 Å². The second-order valence-corrected chi connectivity index (χ2v) is 5.71. The van der Waals surface area contributed by atoms with Crippen LogP contribution in [0, 0.1) is 12.7 Å². The summed E-state index contributed by atoms with van der Waals surface area (Å²) in [4.78, 5) is 8.75. The SMILES string of the molecule is CCOc1ccc(Nc2cc(NCc3ccccc3F)nc(C)n2)cc1. The molecule has 134 valence electrons. The zero-order chi connectivity index (χ0) is 18.4. The first-order valence-electron chi connectivity index (χ1n) is 8.47. The predicted octanol–water partition coefficient (Wildman–Crippen LogP) is 4.68. The van der Waals surface area contributed by atoms with Gasteiger partial charge in [0.1, 0.15) is 29.0 Å². The summed E-state index contributed by atoms with van der Waals surface area (Å²) >= 11 is 0. The smallest absolute Gasteiger partial charge is 0.136 e. The number of anilines is 3. The van der Waals surface area contributed by atoms with Gasteiger partial charge in [-0.3, -0.25) is 0 Å². The second kappa shape index (κ2) is 8.29. The second-order valence-electron chi connectivity index (χ2n) is 5.71. The molecule has 0 saturated carbocycles. The lowest BCUT2D eigenvalue weighted by Crippen LogP contribution is -2.06. The number of aromatic nitrogens is 2. The molecule has 0 radical (unpaired) electrons. The number of ether oxygens (including phenoxy) is 1. The van der Waals surface area contributed by atoms with Crippen molar-refractivity contribution in [2.45, 2.75) is 20.4 Å². The quantitative estimate of drug-likeness (QED) is 0.647. The van der Waals surface area contributed by atoms with Gasteiger partial charge in [0.2, 0.25) is 0 Å². The van der Waals surface area contributed by atoms with Crippen LogP contribution in [0.3, 0.4) is 0 Å². The van der Waals surface area contributed by atoms with Crippen LogP contribution in [0.25, 0.3) is 0 Å². The standard InChI is InChI=1S/C20H21FN4O/c1-3-26-17-10-8-16(9-11-17)25-20-12-19(23-14(2)24-20)22-13-15-6-4-5-7-18(15)21/h4-12H,3,13H2,1-2H3,(H2,22,23,24,25). The van der Waals surface area contributed by atoms with Gasteiger partial charge < -0.3 is 15.4 Å². The number of nitrogens with zero attached hydrogens (tertiary/aromatic N) is 2. The normalized spacial score (nSPS) is 10.4. The Balaban J connectivity index is 1.70. The third kappa shape index (κ3) is 4.69. The van der Waals surface area contributed by atoms with Gasteiger partial charge in [-0.05, 0) is 44.2 Å². The Kier molecular flexibility index (Phi) is 5.63. The molecule has 3 rings (SSSR count). The van der Waals surface area contributed by atoms with Crippen LogP contribution in [-0.2, 0) is 6.54 Å². The topological polar surface area (TPSA) is 59.1 Å². The average molecular weight is 352 g/mol. The molecular weight excluding hydrogens is 331 g/mol. The number of rotatable bonds is 7. The van der Waals surface area contributed by atoms with E-state index in [0.717, 1.165) is 11.4 Å². The van der Waals surface area contributed by atoms with Gasteiger partial charge in [-0.1, -0.05) is 18.2 Å². The van der Waals surface area contributed by atoms with Crippen molar-refractivity contribution in [3.05, 3.63) is 71.8 Å². The van der Waals surface area contributed by atoms with Crippen molar-refractivity contribution in [2.75, 3.05) is 17.2 Å². The van der Waals surface area contributed by atoms with Gasteiger partial charge >= 0.3 is 0 Å². The molecule has 0 amide bonds. The molecule has 0 spiro atoms. The maximum atomic E-state index is 13.7. The van der Waals surface area contributed by atoms with E-state index in [9.17, 15) is 4.39 Å². The fourth-order valence-electron chi connectivity index (χ4n) is 2.50. The van der Waals surface area contributed by atoms with Crippen molar-refractivity contribution in [1.82, 2.24) is 9.97 Å². The van der Waals surface area contributed by atoms with Crippen molar-refractivity contribution < 1.29 is 9.13 Å². The number of hydrogen-bond acceptors (Lipinski definition) is 5. The van der Waals surface area contributed by atoms with E-state index in [-0.39, 0.29) is 5.82 Å². The number of hydrogen-bond donors (Lipinski definition) is 2. The average Bonchev–Trinajstić information content (AvgIpc) is 2.62. The zero-order valence-corrected chi connectivity index (χ0v) is 14.8. The maximum absolute atomic E-state index is 13.7. The molecule has 0 unspecified atom stereocenters. The summed E-state index contributed by atoms with van der Waals surface area (Å²) in [5.41, 5.74) is 1.48. The van der Waals surface area contributed by atoms with Crippen molar-refractivity contribution in [3.63, 3.8) is 0 Å². The van der Waals surface area contributed by atoms with Gasteiger partial charge in [-0.2, -0.15) is 0 Å². The molecule has 0 aliphatic rings. The highest BCUT2D eigenvalue weighted by atomic mass is 19.1. The summed E-state index contributed by atoms with van der Waals surface area (Å²) in [6.07, 6.45) is 0. The fourth-order valence-corrected chi connectivity index (χ4v) is 2.50. The minimum atomic E-state index is -0.237. The summed E-state index contributed by atoms with van der Waals surface area (Å²) in [5.74, 6) is 2.51. The Morgan fingerprint density at radius 1 is 1.00 bits per heavy atom. The zero-order valence-electron chi connectivity index (χ0n) is 14.8. The summed E-state index contributed by atoms with van der Waals surface area (Å²) in [7, 11) is 0. The van der Waals surface area contributed by atoms with E-state index >= 15 is 0 Å². The van der Waals surface area contributed by atoms with Crippen LogP contribution in [0.15, 0.2) is 54.6 Å². The third-order valence-corrected chi connectivity index (χ3v) is 3.69. The minimum absolute atomic E-state index is 0.237. The van der Waals surface area contributed by atoms with E-state index in [1.54, 1.807) is 18.2 Å². The van der Waals surface area contributed by atoms with Gasteiger partial charge in [-0.15, -0.1) is 0 Å². The van der Waals surface area contributed by atoms with E-state index < -0.39 is 0 Å². The third-order valence-electron chi connectivity index (χ3n) is 3.69. The lowest BCUT2D eigenvalue weighted by Gasteiger charge is -2.11. The van der Waals surface area contributed by atoms with E-state index in [1.807, 2.05) is 44.2 Å². The van der Waals surface area contributed by atoms with E-state index in [2.05, 4.69) is 20.6 Å². The first-order valence-corrected chi connectivity index (χ1v) is 8.47. The highest BCUT2D eigenvalue weighted by Gasteiger charge is 2.05. The molecule has 2 aromatic carbocycles. The van der Waals surface area contributed by atoms with E-state index in [1.165, 1.54) is 6.07 Å². The lowest BCUT2D eigenvalue weighted by molar-refractivity contribution is 0.340. The first-order chi connectivity index (χ1) is 12.6. The van der Waals surface area contributed by atoms with Gasteiger partial charge in [0.05, 0.1) is 6.61 Å². The molecule has 26 heavy (non-hydrogen) atoms. The fraction of sp³-hybridized carbons (Fsp3) is 0.200. The van der Waals surface area contributed by atoms with Crippen LogP contribution in [0.1, 0.15) is 18.3 Å². The molecule has 0 aliphatic heterocycles. The number of nitrogens with one attached hydrogen (secondary N) is 2. The number of benzene rings is 2. The summed E-state index contributed by atoms with van der Waals surface area (Å²) in [6.45, 7) is 4.75. The Morgan fingerprint density at radius 2 is 1.73 bits per heavy atom. The summed E-state index contributed by atoms with van der Waals surface area (Å²) in [6, 6.07) is 16.1. The maximum Gasteiger partial charge on any atom is 0.136 e. The molecule has 1 aromatic heterocycles. The molecule has 0 bridgehead atoms. The molecule has 0 atom stereocenters. The molecule has 5 nitrogen and oxygen atoms in total. The molecule has 0 aliphatic carbocycles. The van der Waals surface area contributed by atoms with Crippen molar-refractivity contribution in [1.29, 1.82) is 0 Å². The van der Waals surface area contributed by atoms with Crippen LogP contribution >= 0.6 is 0 Å². The van der Waals surface area contributed by atoms with Gasteiger partial charge in [0.15, 0.2) is 0 Å². The molecule has 3 aromatic rings. The number of aryl methyl sites for hydroxylation is 1. The highest BCUT2D eigenvalue weighted by molar-refractivity contribution is 5.60. The van der Waals surface area contributed by atoms with Crippen LogP contribution in [0.4, 0.5) is 21.7 Å². The van der Waals surface area contributed by atoms with Crippen molar-refractivity contribution in [3.8, 4) is 5.75 Å². The lowest BCUT2D eigenvalue weighted by atomic mass is 10.2. The summed E-state index contributed by atoms with van der Waals surface area (Å²) in [5, 5.41) is 6.39. The molecule has 0 saturated heterocycles. The van der Waals surface area contributed by atoms with Gasteiger partial charge in [0, 0.05) is 23.9 Å². The minimum Gasteiger partial charge on any atom is -0.494 e. The largest absolute Gasteiger partial charge is 0.494 e. The first kappa shape index (κ1) is 17.7. The van der Waals surface area contributed by atoms with Crippen molar-refractivity contribution >= 4 is 17.3 Å². The Hall–Kier alpha value is -3.15. The highest BCUT2D eigenvalue weighted by Crippen LogP contribution is 2.21. The molecule has 1 heterocycles. The van der Waals surface area contributed by atoms with Gasteiger partial charge in [-0.25, -0.2) is 14.4 Å². The van der Waals surface area contributed by atoms with Gasteiger partial charge in [0.25, 0.3) is 0 Å². The molecular formula is C20H21FN4O. The Bertz CT molecular complexity index is 868.